The molecule has 0 bridgehead atoms. The number of carbonyl (C=O) groups is 1. The number of esters is 1. The van der Waals surface area contributed by atoms with Crippen molar-refractivity contribution in [1.29, 1.82) is 5.26 Å². The maximum Gasteiger partial charge on any atom is 0.334 e. The van der Waals surface area contributed by atoms with E-state index in [0.717, 1.165) is 40.8 Å². The van der Waals surface area contributed by atoms with Crippen LogP contribution in [0.15, 0.2) is 42.5 Å². The smallest absolute Gasteiger partial charge is 0.334 e. The average Bonchev–Trinajstić information content (AvgIpc) is 2.97. The Balaban J connectivity index is 1.69. The number of nitrogens with zero attached hydrogens (tertiary/aromatic N) is 1. The zero-order valence-corrected chi connectivity index (χ0v) is 15.5. The maximum absolute atomic E-state index is 12.0. The molecule has 4 heteroatoms. The van der Waals surface area contributed by atoms with Gasteiger partial charge in [0.1, 0.15) is 18.5 Å². The molecule has 1 aliphatic heterocycles. The summed E-state index contributed by atoms with van der Waals surface area (Å²) in [7, 11) is 0. The average molecular weight is 359 g/mol. The molecule has 0 amide bonds. The van der Waals surface area contributed by atoms with Crippen LogP contribution in [0.5, 0.6) is 5.75 Å². The molecule has 27 heavy (non-hydrogen) atoms. The third kappa shape index (κ3) is 2.80. The molecule has 2 atom stereocenters. The highest BCUT2D eigenvalue weighted by Gasteiger charge is 2.44. The minimum atomic E-state index is -0.288. The van der Waals surface area contributed by atoms with E-state index in [4.69, 9.17) is 9.47 Å². The van der Waals surface area contributed by atoms with E-state index < -0.39 is 0 Å². The van der Waals surface area contributed by atoms with Crippen molar-refractivity contribution in [2.75, 3.05) is 0 Å². The van der Waals surface area contributed by atoms with Gasteiger partial charge in [-0.05, 0) is 55.5 Å². The first kappa shape index (κ1) is 17.4. The molecule has 1 aliphatic carbocycles. The molecule has 4 rings (SSSR count). The summed E-state index contributed by atoms with van der Waals surface area (Å²) in [5.74, 6) is 0.537. The summed E-state index contributed by atoms with van der Waals surface area (Å²) in [6.07, 6.45) is 1.54. The van der Waals surface area contributed by atoms with Crippen LogP contribution >= 0.6 is 0 Å². The second-order valence-corrected chi connectivity index (χ2v) is 7.26. The molecule has 2 aromatic rings. The Morgan fingerprint density at radius 1 is 1.33 bits per heavy atom. The SMILES string of the molecule is C=C1C(=O)O[C@H]2c3c(C)c(OCc4ccccc4C#N)cc(C)c3CC[C@@H]12. The Kier molecular flexibility index (Phi) is 4.24. The Bertz CT molecular complexity index is 999. The highest BCUT2D eigenvalue weighted by molar-refractivity contribution is 5.91. The van der Waals surface area contributed by atoms with E-state index in [-0.39, 0.29) is 18.0 Å². The normalized spacial score (nSPS) is 20.5. The van der Waals surface area contributed by atoms with Crippen molar-refractivity contribution in [1.82, 2.24) is 0 Å². The number of fused-ring (bicyclic) bond motifs is 3. The summed E-state index contributed by atoms with van der Waals surface area (Å²) in [5.41, 5.74) is 6.52. The van der Waals surface area contributed by atoms with Crippen LogP contribution in [-0.4, -0.2) is 5.97 Å². The quantitative estimate of drug-likeness (QED) is 0.599. The molecule has 2 aliphatic rings. The van der Waals surface area contributed by atoms with E-state index in [1.54, 1.807) is 6.07 Å². The third-order valence-electron chi connectivity index (χ3n) is 5.74. The summed E-state index contributed by atoms with van der Waals surface area (Å²) in [6.45, 7) is 8.33. The number of hydrogen-bond donors (Lipinski definition) is 0. The lowest BCUT2D eigenvalue weighted by molar-refractivity contribution is -0.139. The molecular weight excluding hydrogens is 338 g/mol. The second kappa shape index (κ2) is 6.59. The predicted octanol–water partition coefficient (Wildman–Crippen LogP) is 4.47. The minimum absolute atomic E-state index is 0.0534. The van der Waals surface area contributed by atoms with Gasteiger partial charge < -0.3 is 9.47 Å². The van der Waals surface area contributed by atoms with Crippen molar-refractivity contribution < 1.29 is 14.3 Å². The lowest BCUT2D eigenvalue weighted by Gasteiger charge is -2.30. The highest BCUT2D eigenvalue weighted by Crippen LogP contribution is 2.49. The highest BCUT2D eigenvalue weighted by atomic mass is 16.6. The molecule has 0 unspecified atom stereocenters. The van der Waals surface area contributed by atoms with Gasteiger partial charge in [-0.25, -0.2) is 4.79 Å². The fraction of sp³-hybridized carbons (Fsp3) is 0.304. The minimum Gasteiger partial charge on any atom is -0.489 e. The topological polar surface area (TPSA) is 59.3 Å². The lowest BCUT2D eigenvalue weighted by atomic mass is 9.76. The van der Waals surface area contributed by atoms with Crippen molar-refractivity contribution in [2.45, 2.75) is 39.4 Å². The number of nitriles is 1. The van der Waals surface area contributed by atoms with Crippen molar-refractivity contribution in [2.24, 2.45) is 5.92 Å². The molecule has 0 spiro atoms. The van der Waals surface area contributed by atoms with Gasteiger partial charge in [-0.3, -0.25) is 0 Å². The summed E-state index contributed by atoms with van der Waals surface area (Å²) in [5, 5.41) is 9.26. The van der Waals surface area contributed by atoms with Crippen LogP contribution in [0.2, 0.25) is 0 Å². The number of carbonyl (C=O) groups excluding carboxylic acids is 1. The molecular formula is C23H21NO3. The van der Waals surface area contributed by atoms with Gasteiger partial charge in [0, 0.05) is 22.6 Å². The number of hydrogen-bond acceptors (Lipinski definition) is 4. The Labute approximate surface area is 159 Å². The van der Waals surface area contributed by atoms with Crippen molar-refractivity contribution in [3.05, 3.63) is 75.9 Å². The fourth-order valence-corrected chi connectivity index (χ4v) is 4.23. The number of rotatable bonds is 3. The Hall–Kier alpha value is -3.06. The molecule has 2 aromatic carbocycles. The second-order valence-electron chi connectivity index (χ2n) is 7.26. The lowest BCUT2D eigenvalue weighted by Crippen LogP contribution is -2.20. The van der Waals surface area contributed by atoms with Crippen LogP contribution in [0.1, 0.15) is 45.9 Å². The van der Waals surface area contributed by atoms with E-state index in [2.05, 4.69) is 25.6 Å². The van der Waals surface area contributed by atoms with Crippen LogP contribution in [-0.2, 0) is 22.6 Å². The van der Waals surface area contributed by atoms with Gasteiger partial charge in [0.25, 0.3) is 0 Å². The Morgan fingerprint density at radius 2 is 2.11 bits per heavy atom. The largest absolute Gasteiger partial charge is 0.489 e. The van der Waals surface area contributed by atoms with Crippen molar-refractivity contribution in [3.63, 3.8) is 0 Å². The van der Waals surface area contributed by atoms with E-state index in [1.165, 1.54) is 5.56 Å². The fourth-order valence-electron chi connectivity index (χ4n) is 4.23. The standard InChI is InChI=1S/C23H21NO3/c1-13-10-20(26-12-17-7-5-4-6-16(17)11-24)15(3)21-18(13)8-9-19-14(2)23(25)27-22(19)21/h4-7,10,19,22H,2,8-9,12H2,1,3H3/t19-,22+/m0/s1. The molecule has 1 saturated heterocycles. The number of aryl methyl sites for hydroxylation is 1. The van der Waals surface area contributed by atoms with E-state index >= 15 is 0 Å². The van der Waals surface area contributed by atoms with Gasteiger partial charge in [-0.15, -0.1) is 0 Å². The summed E-state index contributed by atoms with van der Waals surface area (Å²) in [4.78, 5) is 12.0. The van der Waals surface area contributed by atoms with Gasteiger partial charge in [-0.1, -0.05) is 24.8 Å². The van der Waals surface area contributed by atoms with Crippen molar-refractivity contribution in [3.8, 4) is 11.8 Å². The number of ether oxygens (including phenoxy) is 2. The molecule has 136 valence electrons. The molecule has 1 heterocycles. The van der Waals surface area contributed by atoms with Crippen LogP contribution in [0, 0.1) is 31.1 Å². The third-order valence-corrected chi connectivity index (χ3v) is 5.74. The first-order chi connectivity index (χ1) is 13.0. The summed E-state index contributed by atoms with van der Waals surface area (Å²) < 4.78 is 11.8. The van der Waals surface area contributed by atoms with Gasteiger partial charge >= 0.3 is 5.97 Å². The van der Waals surface area contributed by atoms with E-state index in [1.807, 2.05) is 25.1 Å². The van der Waals surface area contributed by atoms with E-state index in [9.17, 15) is 10.1 Å². The van der Waals surface area contributed by atoms with Crippen LogP contribution < -0.4 is 4.74 Å². The summed E-state index contributed by atoms with van der Waals surface area (Å²) >= 11 is 0. The molecule has 0 saturated carbocycles. The maximum atomic E-state index is 12.0. The van der Waals surface area contributed by atoms with Crippen LogP contribution in [0.25, 0.3) is 0 Å². The zero-order valence-electron chi connectivity index (χ0n) is 15.5. The monoisotopic (exact) mass is 359 g/mol. The molecule has 0 radical (unpaired) electrons. The van der Waals surface area contributed by atoms with Crippen molar-refractivity contribution >= 4 is 5.97 Å². The molecule has 0 aromatic heterocycles. The first-order valence-electron chi connectivity index (χ1n) is 9.14. The molecule has 1 fully saturated rings. The number of benzene rings is 2. The first-order valence-corrected chi connectivity index (χ1v) is 9.14. The van der Waals surface area contributed by atoms with Gasteiger partial charge in [-0.2, -0.15) is 5.26 Å². The van der Waals surface area contributed by atoms with Crippen LogP contribution in [0.3, 0.4) is 0 Å². The molecule has 4 nitrogen and oxygen atoms in total. The van der Waals surface area contributed by atoms with Gasteiger partial charge in [0.15, 0.2) is 0 Å². The predicted molar refractivity (Wildman–Crippen MR) is 101 cm³/mol. The van der Waals surface area contributed by atoms with Gasteiger partial charge in [0.2, 0.25) is 0 Å². The van der Waals surface area contributed by atoms with Crippen LogP contribution in [0.4, 0.5) is 0 Å². The zero-order chi connectivity index (χ0) is 19.1. The van der Waals surface area contributed by atoms with E-state index in [0.29, 0.717) is 17.7 Å². The Morgan fingerprint density at radius 3 is 2.89 bits per heavy atom. The van der Waals surface area contributed by atoms with Gasteiger partial charge in [0.05, 0.1) is 11.6 Å². The molecule has 0 N–H and O–H groups in total. The summed E-state index contributed by atoms with van der Waals surface area (Å²) in [6, 6.07) is 11.7.